The molecule has 4 atom stereocenters. The molecule has 0 unspecified atom stereocenters. The first-order valence-electron chi connectivity index (χ1n) is 15.5. The molecule has 5 rings (SSSR count). The number of carbonyl (C=O) groups excluding carboxylic acids is 2. The monoisotopic (exact) mass is 713 g/mol. The van der Waals surface area contributed by atoms with Crippen molar-refractivity contribution in [3.63, 3.8) is 0 Å². The summed E-state index contributed by atoms with van der Waals surface area (Å²) in [6.45, 7) is 2.91. The maximum Gasteiger partial charge on any atom is 0.303 e. The molecule has 0 aromatic heterocycles. The molecule has 2 N–H and O–H groups in total. The van der Waals surface area contributed by atoms with Crippen molar-refractivity contribution in [3.05, 3.63) is 68.3 Å². The van der Waals surface area contributed by atoms with Crippen LogP contribution in [0.25, 0.3) is 11.6 Å². The lowest BCUT2D eigenvalue weighted by atomic mass is 9.69. The Labute approximate surface area is 272 Å². The van der Waals surface area contributed by atoms with E-state index in [4.69, 9.17) is 14.6 Å². The van der Waals surface area contributed by atoms with Crippen molar-refractivity contribution < 1.29 is 34.1 Å². The fourth-order valence-corrected chi connectivity index (χ4v) is 7.72. The Kier molecular flexibility index (Phi) is 10.5. The van der Waals surface area contributed by atoms with Crippen molar-refractivity contribution in [2.75, 3.05) is 20.3 Å². The van der Waals surface area contributed by atoms with Gasteiger partial charge in [-0.05, 0) is 95.5 Å². The Morgan fingerprint density at radius 3 is 2.57 bits per heavy atom. The van der Waals surface area contributed by atoms with E-state index in [1.807, 2.05) is 30.3 Å². The molecule has 3 aliphatic rings. The number of phenolic OH excluding ortho intramolecular Hbond substituents is 1. The summed E-state index contributed by atoms with van der Waals surface area (Å²) in [5, 5.41) is 19.2. The van der Waals surface area contributed by atoms with E-state index in [1.165, 1.54) is 16.0 Å². The molecule has 8 nitrogen and oxygen atoms in total. The quantitative estimate of drug-likeness (QED) is 0.0782. The Bertz CT molecular complexity index is 1470. The summed E-state index contributed by atoms with van der Waals surface area (Å²) in [6, 6.07) is 14.0. The van der Waals surface area contributed by atoms with Crippen LogP contribution >= 0.6 is 22.6 Å². The van der Waals surface area contributed by atoms with Crippen LogP contribution in [0.1, 0.15) is 69.4 Å². The summed E-state index contributed by atoms with van der Waals surface area (Å²) in [4.78, 5) is 39.3. The second-order valence-corrected chi connectivity index (χ2v) is 13.0. The summed E-state index contributed by atoms with van der Waals surface area (Å²) in [7, 11) is 1.54. The van der Waals surface area contributed by atoms with Gasteiger partial charge in [-0.2, -0.15) is 0 Å². The number of allylic oxidation sites excluding steroid dienone is 2. The molecular weight excluding hydrogens is 673 g/mol. The van der Waals surface area contributed by atoms with E-state index in [-0.39, 0.29) is 47.8 Å². The number of aromatic hydroxyl groups is 1. The average molecular weight is 714 g/mol. The molecule has 2 heterocycles. The summed E-state index contributed by atoms with van der Waals surface area (Å²) in [5.41, 5.74) is 5.63. The number of likely N-dealkylation sites (tertiary alicyclic amines) is 1. The van der Waals surface area contributed by atoms with Crippen molar-refractivity contribution in [2.24, 2.45) is 17.8 Å². The highest BCUT2D eigenvalue weighted by Crippen LogP contribution is 2.50. The molecule has 0 radical (unpaired) electrons. The molecule has 2 aromatic carbocycles. The van der Waals surface area contributed by atoms with E-state index in [0.717, 1.165) is 36.0 Å². The second kappa shape index (κ2) is 14.3. The number of halogens is 1. The highest BCUT2D eigenvalue weighted by Gasteiger charge is 2.56. The van der Waals surface area contributed by atoms with E-state index in [9.17, 15) is 19.5 Å². The van der Waals surface area contributed by atoms with Crippen LogP contribution < -0.4 is 4.74 Å². The number of fused-ring (bicyclic) bond motifs is 3. The van der Waals surface area contributed by atoms with Gasteiger partial charge in [0.25, 0.3) is 0 Å². The van der Waals surface area contributed by atoms with Crippen LogP contribution in [0.15, 0.2) is 53.6 Å². The number of hydrogen-bond acceptors (Lipinski definition) is 6. The lowest BCUT2D eigenvalue weighted by Crippen LogP contribution is -2.34. The van der Waals surface area contributed by atoms with Crippen molar-refractivity contribution in [1.82, 2.24) is 4.90 Å². The number of nitrogens with zero attached hydrogens (tertiary/aromatic N) is 1. The molecule has 2 aliphatic heterocycles. The largest absolute Gasteiger partial charge is 0.504 e. The van der Waals surface area contributed by atoms with Gasteiger partial charge < -0.3 is 19.7 Å². The van der Waals surface area contributed by atoms with Crippen LogP contribution in [-0.4, -0.2) is 59.3 Å². The molecule has 234 valence electrons. The Balaban J connectivity index is 1.34. The number of imide groups is 1. The summed E-state index contributed by atoms with van der Waals surface area (Å²) in [6.07, 6.45) is 6.85. The van der Waals surface area contributed by atoms with Gasteiger partial charge in [0.1, 0.15) is 0 Å². The molecule has 44 heavy (non-hydrogen) atoms. The maximum absolute atomic E-state index is 13.6. The number of methoxy groups -OCH3 is 1. The smallest absolute Gasteiger partial charge is 0.303 e. The van der Waals surface area contributed by atoms with E-state index in [1.54, 1.807) is 7.11 Å². The maximum atomic E-state index is 13.6. The molecule has 0 spiro atoms. The van der Waals surface area contributed by atoms with E-state index < -0.39 is 5.97 Å². The third-order valence-electron chi connectivity index (χ3n) is 9.23. The average Bonchev–Trinajstić information content (AvgIpc) is 3.54. The van der Waals surface area contributed by atoms with Crippen LogP contribution in [0.3, 0.4) is 0 Å². The molecular formula is C35H40INO7. The summed E-state index contributed by atoms with van der Waals surface area (Å²) >= 11 is 2.11. The predicted molar refractivity (Wildman–Crippen MR) is 176 cm³/mol. The molecule has 0 bridgehead atoms. The highest BCUT2D eigenvalue weighted by molar-refractivity contribution is 14.1. The minimum absolute atomic E-state index is 0.0834. The van der Waals surface area contributed by atoms with Gasteiger partial charge in [-0.15, -0.1) is 0 Å². The summed E-state index contributed by atoms with van der Waals surface area (Å²) < 4.78 is 12.5. The Hall–Kier alpha value is -3.18. The normalized spacial score (nSPS) is 23.2. The standard InChI is InChI=1S/C35H40INO7/c1-3-22-19-25-32(35(42)37(34(25)41)15-9-5-8-12-30(38)39)26-20-44-28(31(22)26)14-13-24(23-10-6-4-7-11-23)16-21-17-27(36)33(40)29(18-21)43-2/h4,6-7,10-11,16-18,25-26,28,32,40H,3,5,8-9,12-15,19-20H2,1-2H3,(H,38,39)/b24-16-/t25-,26+,28-,32-/m1/s1. The number of benzene rings is 2. The van der Waals surface area contributed by atoms with Crippen molar-refractivity contribution in [2.45, 2.75) is 64.4 Å². The highest BCUT2D eigenvalue weighted by atomic mass is 127. The number of carbonyl (C=O) groups is 3. The first kappa shape index (κ1) is 32.2. The number of phenols is 1. The zero-order valence-corrected chi connectivity index (χ0v) is 27.4. The number of carboxylic acids is 1. The predicted octanol–water partition coefficient (Wildman–Crippen LogP) is 6.70. The zero-order valence-electron chi connectivity index (χ0n) is 25.3. The number of hydrogen-bond donors (Lipinski definition) is 2. The summed E-state index contributed by atoms with van der Waals surface area (Å²) in [5.74, 6) is -1.25. The molecule has 1 aliphatic carbocycles. The first-order valence-corrected chi connectivity index (χ1v) is 16.5. The molecule has 2 aromatic rings. The Morgan fingerprint density at radius 1 is 1.09 bits per heavy atom. The van der Waals surface area contributed by atoms with Crippen LogP contribution in [0.2, 0.25) is 0 Å². The van der Waals surface area contributed by atoms with Gasteiger partial charge in [-0.3, -0.25) is 19.3 Å². The third-order valence-corrected chi connectivity index (χ3v) is 10.1. The topological polar surface area (TPSA) is 113 Å². The third kappa shape index (κ3) is 6.73. The van der Waals surface area contributed by atoms with E-state index in [2.05, 4.69) is 47.7 Å². The van der Waals surface area contributed by atoms with Crippen molar-refractivity contribution in [1.29, 1.82) is 0 Å². The zero-order chi connectivity index (χ0) is 31.4. The van der Waals surface area contributed by atoms with Gasteiger partial charge in [-0.1, -0.05) is 55.3 Å². The second-order valence-electron chi connectivity index (χ2n) is 11.8. The van der Waals surface area contributed by atoms with Gasteiger partial charge in [-0.25, -0.2) is 0 Å². The van der Waals surface area contributed by atoms with Crippen LogP contribution in [0.5, 0.6) is 11.5 Å². The lowest BCUT2D eigenvalue weighted by molar-refractivity contribution is -0.141. The molecule has 2 fully saturated rings. The number of unbranched alkanes of at least 4 members (excludes halogenated alkanes) is 2. The van der Waals surface area contributed by atoms with E-state index >= 15 is 0 Å². The van der Waals surface area contributed by atoms with Crippen LogP contribution in [0.4, 0.5) is 0 Å². The number of carboxylic acid groups (broad SMARTS) is 1. The van der Waals surface area contributed by atoms with E-state index in [0.29, 0.717) is 48.2 Å². The number of amides is 2. The fraction of sp³-hybridized carbons (Fsp3) is 0.457. The van der Waals surface area contributed by atoms with Crippen molar-refractivity contribution in [3.8, 4) is 11.5 Å². The number of aliphatic carboxylic acids is 1. The van der Waals surface area contributed by atoms with Gasteiger partial charge in [0, 0.05) is 18.9 Å². The lowest BCUT2D eigenvalue weighted by Gasteiger charge is -2.31. The van der Waals surface area contributed by atoms with Gasteiger partial charge in [0.2, 0.25) is 11.8 Å². The van der Waals surface area contributed by atoms with Gasteiger partial charge in [0.15, 0.2) is 11.5 Å². The molecule has 9 heteroatoms. The van der Waals surface area contributed by atoms with Gasteiger partial charge >= 0.3 is 5.97 Å². The number of rotatable bonds is 13. The first-order chi connectivity index (χ1) is 21.2. The van der Waals surface area contributed by atoms with Crippen molar-refractivity contribution >= 4 is 52.0 Å². The van der Waals surface area contributed by atoms with Crippen LogP contribution in [0, 0.1) is 21.3 Å². The molecule has 2 saturated heterocycles. The SMILES string of the molecule is CCC1=C2[C@@H](CC/C(=C/c3cc(I)c(O)c(OC)c3)c3ccccc3)OC[C@@H]2[C@@H]2C(=O)N(CCCCCC(=O)O)C(=O)[C@@H]2C1. The van der Waals surface area contributed by atoms with Crippen LogP contribution in [-0.2, 0) is 19.1 Å². The molecule has 0 saturated carbocycles. The number of ether oxygens (including phenoxy) is 2. The molecule has 2 amide bonds. The van der Waals surface area contributed by atoms with Gasteiger partial charge in [0.05, 0.1) is 35.2 Å². The Morgan fingerprint density at radius 2 is 1.86 bits per heavy atom. The minimum Gasteiger partial charge on any atom is -0.504 e. The minimum atomic E-state index is -0.826. The fourth-order valence-electron chi connectivity index (χ4n) is 7.09.